The molecule has 10 heteroatoms. The third kappa shape index (κ3) is 7.51. The Labute approximate surface area is 193 Å². The molecule has 0 aromatic heterocycles. The predicted molar refractivity (Wildman–Crippen MR) is 123 cm³/mol. The van der Waals surface area contributed by atoms with Crippen molar-refractivity contribution in [2.24, 2.45) is 0 Å². The minimum Gasteiger partial charge on any atom is -0.493 e. The highest BCUT2D eigenvalue weighted by molar-refractivity contribution is 7.89. The third-order valence-corrected chi connectivity index (χ3v) is 6.30. The maximum atomic E-state index is 12.5. The van der Waals surface area contributed by atoms with Crippen LogP contribution in [0.5, 0.6) is 5.75 Å². The number of hydrogen-bond acceptors (Lipinski definition) is 5. The summed E-state index contributed by atoms with van der Waals surface area (Å²) in [4.78, 5) is 24.5. The van der Waals surface area contributed by atoms with Gasteiger partial charge in [0.2, 0.25) is 15.9 Å². The Morgan fingerprint density at radius 3 is 2.41 bits per heavy atom. The summed E-state index contributed by atoms with van der Waals surface area (Å²) in [6, 6.07) is 9.26. The van der Waals surface area contributed by atoms with E-state index in [1.165, 1.54) is 12.1 Å². The molecule has 0 aliphatic heterocycles. The van der Waals surface area contributed by atoms with Crippen molar-refractivity contribution in [1.29, 1.82) is 0 Å². The van der Waals surface area contributed by atoms with E-state index in [9.17, 15) is 18.0 Å². The lowest BCUT2D eigenvalue weighted by Crippen LogP contribution is -2.42. The van der Waals surface area contributed by atoms with Crippen molar-refractivity contribution in [2.45, 2.75) is 51.5 Å². The maximum Gasteiger partial charge on any atom is 0.269 e. The van der Waals surface area contributed by atoms with Crippen molar-refractivity contribution in [3.05, 3.63) is 58.1 Å². The number of aryl methyl sites for hydroxylation is 2. The van der Waals surface area contributed by atoms with E-state index in [0.717, 1.165) is 5.56 Å². The fraction of sp³-hybridized carbons (Fsp3) is 0.364. The molecule has 32 heavy (non-hydrogen) atoms. The number of amides is 2. The second-order valence-electron chi connectivity index (χ2n) is 7.62. The highest BCUT2D eigenvalue weighted by Gasteiger charge is 2.19. The number of hydrazine groups is 1. The zero-order valence-corrected chi connectivity index (χ0v) is 20.1. The number of benzene rings is 2. The lowest BCUT2D eigenvalue weighted by atomic mass is 10.1. The van der Waals surface area contributed by atoms with Crippen molar-refractivity contribution in [2.75, 3.05) is 6.61 Å². The molecule has 0 fully saturated rings. The van der Waals surface area contributed by atoms with Crippen LogP contribution in [0.1, 0.15) is 48.2 Å². The molecule has 0 radical (unpaired) electrons. The van der Waals surface area contributed by atoms with Crippen LogP contribution in [0.4, 0.5) is 0 Å². The van der Waals surface area contributed by atoms with E-state index >= 15 is 0 Å². The van der Waals surface area contributed by atoms with Crippen molar-refractivity contribution in [1.82, 2.24) is 15.6 Å². The van der Waals surface area contributed by atoms with Crippen LogP contribution in [0.25, 0.3) is 0 Å². The standard InChI is InChI=1S/C22H28ClN3O5S/c1-14(2)26-32(29,30)18-9-7-15(3)19(13-18)22(28)25-24-21(27)6-5-11-31-20-10-8-17(23)12-16(20)4/h7-10,12-14,26H,5-6,11H2,1-4H3,(H,24,27)(H,25,28). The van der Waals surface area contributed by atoms with Gasteiger partial charge >= 0.3 is 0 Å². The normalized spacial score (nSPS) is 11.3. The predicted octanol–water partition coefficient (Wildman–Crippen LogP) is 3.26. The molecule has 0 saturated carbocycles. The van der Waals surface area contributed by atoms with E-state index < -0.39 is 21.8 Å². The summed E-state index contributed by atoms with van der Waals surface area (Å²) < 4.78 is 32.8. The van der Waals surface area contributed by atoms with Gasteiger partial charge < -0.3 is 4.74 Å². The van der Waals surface area contributed by atoms with Gasteiger partial charge in [0, 0.05) is 23.0 Å². The second-order valence-corrected chi connectivity index (χ2v) is 9.77. The first-order valence-electron chi connectivity index (χ1n) is 10.1. The largest absolute Gasteiger partial charge is 0.493 e. The van der Waals surface area contributed by atoms with Crippen LogP contribution < -0.4 is 20.3 Å². The maximum absolute atomic E-state index is 12.5. The van der Waals surface area contributed by atoms with Crippen LogP contribution in [0.3, 0.4) is 0 Å². The Balaban J connectivity index is 1.86. The van der Waals surface area contributed by atoms with Crippen LogP contribution in [-0.2, 0) is 14.8 Å². The van der Waals surface area contributed by atoms with E-state index in [-0.39, 0.29) is 22.9 Å². The second kappa shape index (κ2) is 11.3. The highest BCUT2D eigenvalue weighted by Crippen LogP contribution is 2.22. The van der Waals surface area contributed by atoms with E-state index in [2.05, 4.69) is 15.6 Å². The first-order valence-corrected chi connectivity index (χ1v) is 12.0. The smallest absolute Gasteiger partial charge is 0.269 e. The summed E-state index contributed by atoms with van der Waals surface area (Å²) >= 11 is 5.91. The molecular weight excluding hydrogens is 454 g/mol. The van der Waals surface area contributed by atoms with Gasteiger partial charge in [-0.2, -0.15) is 0 Å². The Bertz CT molecular complexity index is 1090. The molecule has 0 aliphatic carbocycles. The lowest BCUT2D eigenvalue weighted by molar-refractivity contribution is -0.122. The summed E-state index contributed by atoms with van der Waals surface area (Å²) in [5.74, 6) is -0.302. The van der Waals surface area contributed by atoms with Gasteiger partial charge in [-0.1, -0.05) is 17.7 Å². The Hall–Kier alpha value is -2.62. The average molecular weight is 482 g/mol. The molecule has 0 spiro atoms. The molecule has 8 nitrogen and oxygen atoms in total. The Morgan fingerprint density at radius 2 is 1.75 bits per heavy atom. The molecule has 3 N–H and O–H groups in total. The monoisotopic (exact) mass is 481 g/mol. The number of halogens is 1. The van der Waals surface area contributed by atoms with E-state index in [0.29, 0.717) is 29.4 Å². The molecule has 174 valence electrons. The topological polar surface area (TPSA) is 114 Å². The van der Waals surface area contributed by atoms with Crippen molar-refractivity contribution < 1.29 is 22.7 Å². The summed E-state index contributed by atoms with van der Waals surface area (Å²) in [5.41, 5.74) is 6.29. The molecule has 2 rings (SSSR count). The summed E-state index contributed by atoms with van der Waals surface area (Å²) in [6.07, 6.45) is 0.579. The van der Waals surface area contributed by atoms with Gasteiger partial charge in [0.05, 0.1) is 11.5 Å². The fourth-order valence-electron chi connectivity index (χ4n) is 2.84. The summed E-state index contributed by atoms with van der Waals surface area (Å²) in [5, 5.41) is 0.625. The van der Waals surface area contributed by atoms with Crippen LogP contribution >= 0.6 is 11.6 Å². The SMILES string of the molecule is Cc1cc(Cl)ccc1OCCCC(=O)NNC(=O)c1cc(S(=O)(=O)NC(C)C)ccc1C. The molecule has 0 unspecified atom stereocenters. The first kappa shape index (κ1) is 25.6. The zero-order valence-electron chi connectivity index (χ0n) is 18.5. The molecule has 2 aromatic rings. The summed E-state index contributed by atoms with van der Waals surface area (Å²) in [7, 11) is -3.75. The molecule has 0 saturated heterocycles. The number of nitrogens with one attached hydrogen (secondary N) is 3. The van der Waals surface area contributed by atoms with Gasteiger partial charge in [-0.15, -0.1) is 0 Å². The summed E-state index contributed by atoms with van der Waals surface area (Å²) in [6.45, 7) is 7.29. The van der Waals surface area contributed by atoms with Crippen LogP contribution in [0.15, 0.2) is 41.3 Å². The number of ether oxygens (including phenoxy) is 1. The lowest BCUT2D eigenvalue weighted by Gasteiger charge is -2.13. The average Bonchev–Trinajstić information content (AvgIpc) is 2.70. The van der Waals surface area contributed by atoms with Crippen LogP contribution in [-0.4, -0.2) is 32.9 Å². The zero-order chi connectivity index (χ0) is 23.9. The molecule has 0 bridgehead atoms. The van der Waals surface area contributed by atoms with Gasteiger partial charge in [-0.25, -0.2) is 13.1 Å². The Kier molecular flexibility index (Phi) is 9.06. The Morgan fingerprint density at radius 1 is 1.03 bits per heavy atom. The van der Waals surface area contributed by atoms with Crippen LogP contribution in [0, 0.1) is 13.8 Å². The quantitative estimate of drug-likeness (QED) is 0.375. The fourth-order valence-corrected chi connectivity index (χ4v) is 4.34. The molecule has 2 amide bonds. The van der Waals surface area contributed by atoms with Crippen LogP contribution in [0.2, 0.25) is 5.02 Å². The highest BCUT2D eigenvalue weighted by atomic mass is 35.5. The van der Waals surface area contributed by atoms with Crippen molar-refractivity contribution in [3.8, 4) is 5.75 Å². The molecule has 2 aromatic carbocycles. The van der Waals surface area contributed by atoms with E-state index in [1.54, 1.807) is 45.0 Å². The minimum atomic E-state index is -3.75. The van der Waals surface area contributed by atoms with Gasteiger partial charge in [0.1, 0.15) is 5.75 Å². The molecule has 0 aliphatic rings. The van der Waals surface area contributed by atoms with E-state index in [4.69, 9.17) is 16.3 Å². The van der Waals surface area contributed by atoms with Crippen molar-refractivity contribution >= 4 is 33.4 Å². The van der Waals surface area contributed by atoms with Gasteiger partial charge in [0.15, 0.2) is 0 Å². The van der Waals surface area contributed by atoms with Crippen molar-refractivity contribution in [3.63, 3.8) is 0 Å². The number of hydrogen-bond donors (Lipinski definition) is 3. The number of carbonyl (C=O) groups is 2. The van der Waals surface area contributed by atoms with E-state index in [1.807, 2.05) is 6.92 Å². The number of sulfonamides is 1. The third-order valence-electron chi connectivity index (χ3n) is 4.41. The molecular formula is C22H28ClN3O5S. The van der Waals surface area contributed by atoms with Gasteiger partial charge in [-0.05, 0) is 75.6 Å². The van der Waals surface area contributed by atoms with Gasteiger partial charge in [0.25, 0.3) is 5.91 Å². The first-order chi connectivity index (χ1) is 15.0. The minimum absolute atomic E-state index is 0.0251. The molecule has 0 heterocycles. The number of rotatable bonds is 9. The molecule has 0 atom stereocenters. The van der Waals surface area contributed by atoms with Gasteiger partial charge in [-0.3, -0.25) is 20.4 Å². The number of carbonyl (C=O) groups excluding carboxylic acids is 2.